The highest BCUT2D eigenvalue weighted by atomic mass is 16.0. The zero-order valence-electron chi connectivity index (χ0n) is 6.35. The molecule has 0 spiro atoms. The van der Waals surface area contributed by atoms with Crippen LogP contribution in [0.3, 0.4) is 0 Å². The van der Waals surface area contributed by atoms with Crippen molar-refractivity contribution in [1.29, 1.82) is 0 Å². The van der Waals surface area contributed by atoms with Crippen LogP contribution in [0, 0.1) is 0 Å². The fourth-order valence-electron chi connectivity index (χ4n) is 0.664. The molecule has 2 heteroatoms. The first-order valence-electron chi connectivity index (χ1n) is 3.18. The maximum absolute atomic E-state index is 3.65. The highest BCUT2D eigenvalue weighted by Crippen LogP contribution is 1.84. The van der Waals surface area contributed by atoms with E-state index in [-0.39, 0.29) is 5.48 Å². The first-order chi connectivity index (χ1) is 3.85. The molecule has 0 aromatic heterocycles. The van der Waals surface area contributed by atoms with Crippen molar-refractivity contribution >= 4 is 0 Å². The summed E-state index contributed by atoms with van der Waals surface area (Å²) in [5, 5.41) is 0. The van der Waals surface area contributed by atoms with E-state index in [1.54, 1.807) is 0 Å². The molecule has 2 N–H and O–H groups in total. The van der Waals surface area contributed by atoms with E-state index in [0.29, 0.717) is 0 Å². The molecule has 0 radical (unpaired) electrons. The summed E-state index contributed by atoms with van der Waals surface area (Å²) < 4.78 is 0. The Bertz CT molecular complexity index is 59.9. The van der Waals surface area contributed by atoms with Crippen molar-refractivity contribution in [3.05, 3.63) is 12.7 Å². The molecule has 2 nitrogen and oxygen atoms in total. The smallest absolute Gasteiger partial charge is 0.0160 e. The molecule has 56 valence electrons. The number of hydrogen-bond acceptors (Lipinski definition) is 1. The van der Waals surface area contributed by atoms with E-state index in [1.807, 2.05) is 6.08 Å². The van der Waals surface area contributed by atoms with Crippen LogP contribution in [0.15, 0.2) is 12.7 Å². The summed E-state index contributed by atoms with van der Waals surface area (Å²) in [6.45, 7) is 11.2. The molecule has 0 aliphatic heterocycles. The Morgan fingerprint density at radius 1 is 1.33 bits per heavy atom. The molecule has 0 unspecified atom stereocenters. The first kappa shape index (κ1) is 11.5. The minimum Gasteiger partial charge on any atom is -0.412 e. The summed E-state index contributed by atoms with van der Waals surface area (Å²) in [6, 6.07) is 0. The minimum absolute atomic E-state index is 0. The molecule has 0 aromatic carbocycles. The zero-order valence-corrected chi connectivity index (χ0v) is 6.35. The minimum atomic E-state index is 0. The van der Waals surface area contributed by atoms with E-state index in [9.17, 15) is 0 Å². The summed E-state index contributed by atoms with van der Waals surface area (Å²) in [5.41, 5.74) is 0. The van der Waals surface area contributed by atoms with E-state index in [0.717, 1.165) is 19.6 Å². The van der Waals surface area contributed by atoms with Crippen LogP contribution >= 0.6 is 0 Å². The highest BCUT2D eigenvalue weighted by Gasteiger charge is 1.90. The Hall–Kier alpha value is -0.340. The van der Waals surface area contributed by atoms with Crippen LogP contribution in [0.4, 0.5) is 0 Å². The second-order valence-electron chi connectivity index (χ2n) is 1.77. The Labute approximate surface area is 57.5 Å². The van der Waals surface area contributed by atoms with Crippen LogP contribution in [0.2, 0.25) is 0 Å². The predicted octanol–water partition coefficient (Wildman–Crippen LogP) is 0.690. The summed E-state index contributed by atoms with van der Waals surface area (Å²) >= 11 is 0. The third kappa shape index (κ3) is 5.53. The molecular formula is C7H17NO. The van der Waals surface area contributed by atoms with Gasteiger partial charge in [-0.15, -0.1) is 6.58 Å². The van der Waals surface area contributed by atoms with Gasteiger partial charge in [-0.05, 0) is 13.1 Å². The van der Waals surface area contributed by atoms with Gasteiger partial charge in [-0.2, -0.15) is 0 Å². The van der Waals surface area contributed by atoms with Crippen LogP contribution in [-0.2, 0) is 0 Å². The van der Waals surface area contributed by atoms with E-state index in [4.69, 9.17) is 0 Å². The highest BCUT2D eigenvalue weighted by molar-refractivity contribution is 4.71. The van der Waals surface area contributed by atoms with Gasteiger partial charge in [-0.1, -0.05) is 19.9 Å². The summed E-state index contributed by atoms with van der Waals surface area (Å²) in [7, 11) is 0. The van der Waals surface area contributed by atoms with Gasteiger partial charge in [0.2, 0.25) is 0 Å². The Balaban J connectivity index is 0. The lowest BCUT2D eigenvalue weighted by atomic mass is 10.5. The molecule has 0 saturated heterocycles. The number of hydrogen-bond donors (Lipinski definition) is 0. The molecule has 0 aliphatic carbocycles. The average Bonchev–Trinajstić information content (AvgIpc) is 1.83. The molecule has 0 aromatic rings. The average molecular weight is 131 g/mol. The molecule has 0 aliphatic rings. The lowest BCUT2D eigenvalue weighted by Crippen LogP contribution is -2.22. The maximum atomic E-state index is 3.65. The fourth-order valence-corrected chi connectivity index (χ4v) is 0.664. The van der Waals surface area contributed by atoms with Crippen molar-refractivity contribution in [2.24, 2.45) is 0 Å². The van der Waals surface area contributed by atoms with Gasteiger partial charge in [0.15, 0.2) is 0 Å². The van der Waals surface area contributed by atoms with Crippen LogP contribution in [0.5, 0.6) is 0 Å². The van der Waals surface area contributed by atoms with Gasteiger partial charge >= 0.3 is 0 Å². The van der Waals surface area contributed by atoms with Crippen LogP contribution in [0.1, 0.15) is 13.8 Å². The topological polar surface area (TPSA) is 34.7 Å². The third-order valence-electron chi connectivity index (χ3n) is 1.28. The van der Waals surface area contributed by atoms with Crippen molar-refractivity contribution in [3.63, 3.8) is 0 Å². The van der Waals surface area contributed by atoms with Crippen LogP contribution in [0.25, 0.3) is 0 Å². The molecular weight excluding hydrogens is 114 g/mol. The van der Waals surface area contributed by atoms with E-state index < -0.39 is 0 Å². The van der Waals surface area contributed by atoms with Gasteiger partial charge in [0.05, 0.1) is 0 Å². The number of rotatable bonds is 4. The van der Waals surface area contributed by atoms with Crippen LogP contribution < -0.4 is 0 Å². The van der Waals surface area contributed by atoms with Gasteiger partial charge in [0.1, 0.15) is 0 Å². The lowest BCUT2D eigenvalue weighted by molar-refractivity contribution is 0.337. The second-order valence-corrected chi connectivity index (χ2v) is 1.77. The van der Waals surface area contributed by atoms with Crippen molar-refractivity contribution in [1.82, 2.24) is 4.90 Å². The zero-order chi connectivity index (χ0) is 6.41. The summed E-state index contributed by atoms with van der Waals surface area (Å²) in [5.74, 6) is 0. The molecule has 0 bridgehead atoms. The van der Waals surface area contributed by atoms with Crippen molar-refractivity contribution in [2.45, 2.75) is 13.8 Å². The molecule has 0 heterocycles. The Morgan fingerprint density at radius 3 is 1.89 bits per heavy atom. The normalized spacial score (nSPS) is 8.78. The van der Waals surface area contributed by atoms with Crippen LogP contribution in [-0.4, -0.2) is 30.0 Å². The van der Waals surface area contributed by atoms with E-state index in [1.165, 1.54) is 0 Å². The van der Waals surface area contributed by atoms with Crippen molar-refractivity contribution in [2.75, 3.05) is 19.6 Å². The lowest BCUT2D eigenvalue weighted by Gasteiger charge is -2.14. The van der Waals surface area contributed by atoms with Gasteiger partial charge in [-0.25, -0.2) is 0 Å². The number of nitrogens with zero attached hydrogens (tertiary/aromatic N) is 1. The third-order valence-corrected chi connectivity index (χ3v) is 1.28. The number of likely N-dealkylation sites (N-methyl/N-ethyl adjacent to an activating group) is 1. The monoisotopic (exact) mass is 131 g/mol. The standard InChI is InChI=1S/C7H15N.H2O/c1-4-7-8(5-2)6-3;/h4H,1,5-7H2,2-3H3;1H2. The van der Waals surface area contributed by atoms with Gasteiger partial charge in [0, 0.05) is 6.54 Å². The quantitative estimate of drug-likeness (QED) is 0.517. The molecule has 9 heavy (non-hydrogen) atoms. The Kier molecular flexibility index (Phi) is 9.75. The Morgan fingerprint density at radius 2 is 1.78 bits per heavy atom. The maximum Gasteiger partial charge on any atom is 0.0160 e. The molecule has 0 amide bonds. The SMILES string of the molecule is C=CCN(CC)CC.O. The molecule has 0 fully saturated rings. The van der Waals surface area contributed by atoms with Gasteiger partial charge < -0.3 is 10.4 Å². The fraction of sp³-hybridized carbons (Fsp3) is 0.714. The van der Waals surface area contributed by atoms with Crippen molar-refractivity contribution < 1.29 is 5.48 Å². The van der Waals surface area contributed by atoms with Gasteiger partial charge in [-0.3, -0.25) is 0 Å². The molecule has 0 saturated carbocycles. The van der Waals surface area contributed by atoms with Gasteiger partial charge in [0.25, 0.3) is 0 Å². The van der Waals surface area contributed by atoms with E-state index >= 15 is 0 Å². The predicted molar refractivity (Wildman–Crippen MR) is 41.6 cm³/mol. The summed E-state index contributed by atoms with van der Waals surface area (Å²) in [6.07, 6.45) is 1.94. The largest absolute Gasteiger partial charge is 0.412 e. The second kappa shape index (κ2) is 7.66. The molecule has 0 atom stereocenters. The molecule has 0 rings (SSSR count). The van der Waals surface area contributed by atoms with Crippen molar-refractivity contribution in [3.8, 4) is 0 Å². The summed E-state index contributed by atoms with van der Waals surface area (Å²) in [4.78, 5) is 2.31. The van der Waals surface area contributed by atoms with E-state index in [2.05, 4.69) is 25.3 Å². The first-order valence-corrected chi connectivity index (χ1v) is 3.18.